The summed E-state index contributed by atoms with van der Waals surface area (Å²) in [6.45, 7) is 3.38. The van der Waals surface area contributed by atoms with E-state index in [1.165, 1.54) is 0 Å². The minimum absolute atomic E-state index is 0.0940. The van der Waals surface area contributed by atoms with Crippen molar-refractivity contribution in [3.63, 3.8) is 0 Å². The molecule has 0 saturated heterocycles. The van der Waals surface area contributed by atoms with Crippen LogP contribution in [0, 0.1) is 17.8 Å². The SMILES string of the molecule is COCCCCCNC(=O)C1CC(C)CC1C(=O)O. The van der Waals surface area contributed by atoms with Gasteiger partial charge < -0.3 is 15.2 Å². The Balaban J connectivity index is 2.26. The zero-order valence-electron chi connectivity index (χ0n) is 11.9. The van der Waals surface area contributed by atoms with Crippen LogP contribution in [0.25, 0.3) is 0 Å². The highest BCUT2D eigenvalue weighted by Crippen LogP contribution is 2.36. The number of ether oxygens (including phenoxy) is 1. The van der Waals surface area contributed by atoms with Crippen molar-refractivity contribution in [1.29, 1.82) is 0 Å². The molecule has 0 radical (unpaired) electrons. The number of amides is 1. The predicted molar refractivity (Wildman–Crippen MR) is 71.8 cm³/mol. The third-order valence-electron chi connectivity index (χ3n) is 3.78. The predicted octanol–water partition coefficient (Wildman–Crippen LogP) is 1.67. The van der Waals surface area contributed by atoms with Gasteiger partial charge in [0.15, 0.2) is 0 Å². The monoisotopic (exact) mass is 271 g/mol. The second kappa shape index (κ2) is 8.15. The lowest BCUT2D eigenvalue weighted by molar-refractivity contribution is -0.146. The van der Waals surface area contributed by atoms with Crippen molar-refractivity contribution in [1.82, 2.24) is 5.32 Å². The van der Waals surface area contributed by atoms with E-state index in [2.05, 4.69) is 5.32 Å². The fraction of sp³-hybridized carbons (Fsp3) is 0.857. The van der Waals surface area contributed by atoms with Gasteiger partial charge in [0.25, 0.3) is 0 Å². The number of hydrogen-bond donors (Lipinski definition) is 2. The fourth-order valence-electron chi connectivity index (χ4n) is 2.75. The number of rotatable bonds is 8. The quantitative estimate of drug-likeness (QED) is 0.658. The van der Waals surface area contributed by atoms with Crippen LogP contribution >= 0.6 is 0 Å². The van der Waals surface area contributed by atoms with Gasteiger partial charge in [0.05, 0.1) is 11.8 Å². The van der Waals surface area contributed by atoms with Gasteiger partial charge in [-0.25, -0.2) is 0 Å². The molecule has 3 unspecified atom stereocenters. The van der Waals surface area contributed by atoms with E-state index in [1.807, 2.05) is 6.92 Å². The topological polar surface area (TPSA) is 75.6 Å². The summed E-state index contributed by atoms with van der Waals surface area (Å²) in [4.78, 5) is 23.1. The van der Waals surface area contributed by atoms with Crippen molar-refractivity contribution in [3.8, 4) is 0 Å². The second-order valence-electron chi connectivity index (χ2n) is 5.47. The van der Waals surface area contributed by atoms with Crippen LogP contribution in [0.15, 0.2) is 0 Å². The number of carboxylic acid groups (broad SMARTS) is 1. The van der Waals surface area contributed by atoms with Gasteiger partial charge in [0.2, 0.25) is 5.91 Å². The summed E-state index contributed by atoms with van der Waals surface area (Å²) in [5.41, 5.74) is 0. The first-order valence-corrected chi connectivity index (χ1v) is 7.05. The highest BCUT2D eigenvalue weighted by Gasteiger charge is 2.40. The van der Waals surface area contributed by atoms with Gasteiger partial charge in [-0.15, -0.1) is 0 Å². The summed E-state index contributed by atoms with van der Waals surface area (Å²) in [5, 5.41) is 12.0. The summed E-state index contributed by atoms with van der Waals surface area (Å²) in [6.07, 6.45) is 4.21. The van der Waals surface area contributed by atoms with Crippen LogP contribution in [-0.4, -0.2) is 37.2 Å². The minimum atomic E-state index is -0.843. The van der Waals surface area contributed by atoms with Crippen molar-refractivity contribution >= 4 is 11.9 Å². The molecule has 2 N–H and O–H groups in total. The Labute approximate surface area is 114 Å². The Hall–Kier alpha value is -1.10. The van der Waals surface area contributed by atoms with E-state index in [-0.39, 0.29) is 11.8 Å². The Kier molecular flexibility index (Phi) is 6.84. The van der Waals surface area contributed by atoms with Crippen LogP contribution in [0.1, 0.15) is 39.0 Å². The maximum atomic E-state index is 12.0. The Morgan fingerprint density at radius 3 is 2.53 bits per heavy atom. The molecule has 1 amide bonds. The fourth-order valence-corrected chi connectivity index (χ4v) is 2.75. The van der Waals surface area contributed by atoms with Crippen LogP contribution in [0.2, 0.25) is 0 Å². The maximum absolute atomic E-state index is 12.0. The number of nitrogens with one attached hydrogen (secondary N) is 1. The Morgan fingerprint density at radius 1 is 1.21 bits per heavy atom. The molecule has 1 aliphatic rings. The lowest BCUT2D eigenvalue weighted by Crippen LogP contribution is -2.35. The molecule has 110 valence electrons. The second-order valence-corrected chi connectivity index (χ2v) is 5.47. The van der Waals surface area contributed by atoms with Crippen LogP contribution < -0.4 is 5.32 Å². The minimum Gasteiger partial charge on any atom is -0.481 e. The number of carbonyl (C=O) groups excluding carboxylic acids is 1. The third-order valence-corrected chi connectivity index (χ3v) is 3.78. The summed E-state index contributed by atoms with van der Waals surface area (Å²) in [7, 11) is 1.68. The van der Waals surface area contributed by atoms with Crippen LogP contribution in [0.5, 0.6) is 0 Å². The number of carboxylic acids is 1. The highest BCUT2D eigenvalue weighted by molar-refractivity contribution is 5.85. The number of methoxy groups -OCH3 is 1. The average Bonchev–Trinajstić information content (AvgIpc) is 2.76. The maximum Gasteiger partial charge on any atom is 0.307 e. The number of unbranched alkanes of at least 4 members (excludes halogenated alkanes) is 2. The number of aliphatic carboxylic acids is 1. The standard InChI is InChI=1S/C14H25NO4/c1-10-8-11(12(9-10)14(17)18)13(16)15-6-4-3-5-7-19-2/h10-12H,3-9H2,1-2H3,(H,15,16)(H,17,18). The van der Waals surface area contributed by atoms with Gasteiger partial charge in [-0.05, 0) is 38.0 Å². The molecule has 1 rings (SSSR count). The van der Waals surface area contributed by atoms with E-state index >= 15 is 0 Å². The molecule has 19 heavy (non-hydrogen) atoms. The largest absolute Gasteiger partial charge is 0.481 e. The molecule has 1 aliphatic carbocycles. The smallest absolute Gasteiger partial charge is 0.307 e. The molecule has 5 nitrogen and oxygen atoms in total. The molecule has 0 aromatic carbocycles. The van der Waals surface area contributed by atoms with E-state index in [0.29, 0.717) is 25.3 Å². The van der Waals surface area contributed by atoms with Gasteiger partial charge in [-0.1, -0.05) is 6.92 Å². The molecule has 0 aromatic rings. The molecule has 0 heterocycles. The van der Waals surface area contributed by atoms with Gasteiger partial charge in [-0.3, -0.25) is 9.59 Å². The number of hydrogen-bond acceptors (Lipinski definition) is 3. The molecule has 0 aromatic heterocycles. The summed E-state index contributed by atoms with van der Waals surface area (Å²) in [6, 6.07) is 0. The Morgan fingerprint density at radius 2 is 1.89 bits per heavy atom. The zero-order valence-corrected chi connectivity index (χ0v) is 11.9. The molecular formula is C14H25NO4. The zero-order chi connectivity index (χ0) is 14.3. The third kappa shape index (κ3) is 5.19. The normalized spacial score (nSPS) is 26.3. The molecule has 0 bridgehead atoms. The molecule has 3 atom stereocenters. The average molecular weight is 271 g/mol. The highest BCUT2D eigenvalue weighted by atomic mass is 16.5. The van der Waals surface area contributed by atoms with Crippen molar-refractivity contribution in [2.75, 3.05) is 20.3 Å². The van der Waals surface area contributed by atoms with Crippen molar-refractivity contribution in [2.45, 2.75) is 39.0 Å². The van der Waals surface area contributed by atoms with Crippen molar-refractivity contribution in [2.24, 2.45) is 17.8 Å². The van der Waals surface area contributed by atoms with Gasteiger partial charge in [0.1, 0.15) is 0 Å². The molecule has 0 aliphatic heterocycles. The first kappa shape index (κ1) is 16.0. The van der Waals surface area contributed by atoms with E-state index in [9.17, 15) is 9.59 Å². The summed E-state index contributed by atoms with van der Waals surface area (Å²) >= 11 is 0. The molecule has 0 spiro atoms. The molecule has 1 saturated carbocycles. The molecule has 1 fully saturated rings. The van der Waals surface area contributed by atoms with Gasteiger partial charge >= 0.3 is 5.97 Å². The lowest BCUT2D eigenvalue weighted by Gasteiger charge is -2.15. The summed E-state index contributed by atoms with van der Waals surface area (Å²) in [5.74, 6) is -1.48. The number of carbonyl (C=O) groups is 2. The van der Waals surface area contributed by atoms with E-state index in [4.69, 9.17) is 9.84 Å². The Bertz CT molecular complexity index is 306. The van der Waals surface area contributed by atoms with E-state index in [0.717, 1.165) is 25.9 Å². The molecule has 5 heteroatoms. The molecular weight excluding hydrogens is 246 g/mol. The summed E-state index contributed by atoms with van der Waals surface area (Å²) < 4.78 is 4.95. The van der Waals surface area contributed by atoms with Crippen LogP contribution in [-0.2, 0) is 14.3 Å². The van der Waals surface area contributed by atoms with E-state index in [1.54, 1.807) is 7.11 Å². The lowest BCUT2D eigenvalue weighted by atomic mass is 9.95. The van der Waals surface area contributed by atoms with Crippen molar-refractivity contribution < 1.29 is 19.4 Å². The van der Waals surface area contributed by atoms with E-state index < -0.39 is 11.9 Å². The van der Waals surface area contributed by atoms with Crippen LogP contribution in [0.4, 0.5) is 0 Å². The first-order chi connectivity index (χ1) is 9.06. The van der Waals surface area contributed by atoms with Gasteiger partial charge in [0, 0.05) is 20.3 Å². The first-order valence-electron chi connectivity index (χ1n) is 7.05. The van der Waals surface area contributed by atoms with Crippen LogP contribution in [0.3, 0.4) is 0 Å². The van der Waals surface area contributed by atoms with Gasteiger partial charge in [-0.2, -0.15) is 0 Å². The van der Waals surface area contributed by atoms with Crippen molar-refractivity contribution in [3.05, 3.63) is 0 Å².